The van der Waals surface area contributed by atoms with Gasteiger partial charge in [0, 0.05) is 12.6 Å². The van der Waals surface area contributed by atoms with Crippen molar-refractivity contribution in [3.8, 4) is 0 Å². The van der Waals surface area contributed by atoms with Crippen molar-refractivity contribution < 1.29 is 14.3 Å². The van der Waals surface area contributed by atoms with Gasteiger partial charge in [0.05, 0.1) is 12.7 Å². The molecule has 0 spiro atoms. The van der Waals surface area contributed by atoms with E-state index in [1.54, 1.807) is 0 Å². The molecule has 0 radical (unpaired) electrons. The van der Waals surface area contributed by atoms with Crippen molar-refractivity contribution in [2.24, 2.45) is 0 Å². The second kappa shape index (κ2) is 6.35. The summed E-state index contributed by atoms with van der Waals surface area (Å²) in [5.41, 5.74) is 4.95. The standard InChI is InChI=1S/C15H27N3O4Si/c1-15(2,3)23(4,5)21-9-10-8-11(19)13(22-10)18-7-6-12(16)17-14(18)20/h6-7,10-11,13,19H,8-9H2,1-5H3,(H2,16,17,20)/t10-,11+,13+/m0/s1. The summed E-state index contributed by atoms with van der Waals surface area (Å²) in [6.45, 7) is 11.3. The van der Waals surface area contributed by atoms with Crippen LogP contribution in [0.5, 0.6) is 0 Å². The van der Waals surface area contributed by atoms with Crippen LogP contribution in [0, 0.1) is 0 Å². The Morgan fingerprint density at radius 1 is 1.52 bits per heavy atom. The molecule has 1 aromatic rings. The van der Waals surface area contributed by atoms with Gasteiger partial charge in [0.2, 0.25) is 0 Å². The minimum absolute atomic E-state index is 0.113. The van der Waals surface area contributed by atoms with Crippen molar-refractivity contribution in [1.82, 2.24) is 9.55 Å². The van der Waals surface area contributed by atoms with E-state index in [1.165, 1.54) is 16.8 Å². The third-order valence-electron chi connectivity index (χ3n) is 4.73. The summed E-state index contributed by atoms with van der Waals surface area (Å²) in [7, 11) is -1.87. The molecule has 0 bridgehead atoms. The topological polar surface area (TPSA) is 99.6 Å². The van der Waals surface area contributed by atoms with Crippen LogP contribution in [0.15, 0.2) is 17.1 Å². The molecule has 0 aromatic carbocycles. The quantitative estimate of drug-likeness (QED) is 0.805. The highest BCUT2D eigenvalue weighted by atomic mass is 28.4. The van der Waals surface area contributed by atoms with Crippen molar-refractivity contribution >= 4 is 14.1 Å². The first-order valence-corrected chi connectivity index (χ1v) is 10.7. The van der Waals surface area contributed by atoms with Crippen LogP contribution >= 0.6 is 0 Å². The van der Waals surface area contributed by atoms with E-state index in [0.29, 0.717) is 13.0 Å². The second-order valence-corrected chi connectivity index (χ2v) is 12.4. The van der Waals surface area contributed by atoms with Gasteiger partial charge in [-0.3, -0.25) is 4.57 Å². The van der Waals surface area contributed by atoms with E-state index in [9.17, 15) is 9.90 Å². The largest absolute Gasteiger partial charge is 0.414 e. The molecule has 1 saturated heterocycles. The highest BCUT2D eigenvalue weighted by molar-refractivity contribution is 6.74. The molecule has 2 heterocycles. The maximum absolute atomic E-state index is 11.9. The number of hydrogen-bond acceptors (Lipinski definition) is 6. The number of aliphatic hydroxyl groups is 1. The molecular weight excluding hydrogens is 314 g/mol. The lowest BCUT2D eigenvalue weighted by Crippen LogP contribution is -2.42. The summed E-state index contributed by atoms with van der Waals surface area (Å²) < 4.78 is 13.2. The van der Waals surface area contributed by atoms with Gasteiger partial charge in [0.25, 0.3) is 0 Å². The van der Waals surface area contributed by atoms with Crippen LogP contribution < -0.4 is 11.4 Å². The maximum atomic E-state index is 11.9. The average molecular weight is 341 g/mol. The number of aliphatic hydroxyl groups excluding tert-OH is 1. The minimum Gasteiger partial charge on any atom is -0.414 e. The maximum Gasteiger partial charge on any atom is 0.351 e. The predicted octanol–water partition coefficient (Wildman–Crippen LogP) is 1.50. The van der Waals surface area contributed by atoms with Crippen LogP contribution in [0.4, 0.5) is 5.82 Å². The van der Waals surface area contributed by atoms with E-state index in [-0.39, 0.29) is 17.0 Å². The van der Waals surface area contributed by atoms with Crippen LogP contribution in [0.2, 0.25) is 18.1 Å². The zero-order valence-corrected chi connectivity index (χ0v) is 15.4. The van der Waals surface area contributed by atoms with Crippen molar-refractivity contribution in [1.29, 1.82) is 0 Å². The van der Waals surface area contributed by atoms with E-state index < -0.39 is 26.3 Å². The SMILES string of the molecule is CC(C)(C)[Si](C)(C)OC[C@@H]1C[C@@H](O)[C@H](n2ccc(N)nc2=O)O1. The molecule has 130 valence electrons. The van der Waals surface area contributed by atoms with Gasteiger partial charge >= 0.3 is 5.69 Å². The van der Waals surface area contributed by atoms with Crippen molar-refractivity contribution in [2.75, 3.05) is 12.3 Å². The summed E-state index contributed by atoms with van der Waals surface area (Å²) in [6.07, 6.45) is 0.162. The minimum atomic E-state index is -1.87. The molecule has 1 aliphatic heterocycles. The fraction of sp³-hybridized carbons (Fsp3) is 0.733. The molecule has 1 fully saturated rings. The molecule has 23 heavy (non-hydrogen) atoms. The summed E-state index contributed by atoms with van der Waals surface area (Å²) in [6, 6.07) is 1.51. The molecule has 3 N–H and O–H groups in total. The highest BCUT2D eigenvalue weighted by Crippen LogP contribution is 2.37. The Bertz CT molecular complexity index is 611. The second-order valence-electron chi connectivity index (χ2n) is 7.57. The van der Waals surface area contributed by atoms with E-state index >= 15 is 0 Å². The fourth-order valence-electron chi connectivity index (χ4n) is 2.22. The monoisotopic (exact) mass is 341 g/mol. The van der Waals surface area contributed by atoms with Gasteiger partial charge in [-0.2, -0.15) is 4.98 Å². The number of nitrogens with zero attached hydrogens (tertiary/aromatic N) is 2. The average Bonchev–Trinajstić information content (AvgIpc) is 2.76. The number of aromatic nitrogens is 2. The zero-order valence-electron chi connectivity index (χ0n) is 14.4. The number of nitrogens with two attached hydrogens (primary N) is 1. The Labute approximate surface area is 137 Å². The Morgan fingerprint density at radius 2 is 2.17 bits per heavy atom. The fourth-order valence-corrected chi connectivity index (χ4v) is 3.26. The summed E-state index contributed by atoms with van der Waals surface area (Å²) >= 11 is 0. The van der Waals surface area contributed by atoms with Crippen molar-refractivity contribution in [3.63, 3.8) is 0 Å². The van der Waals surface area contributed by atoms with E-state index in [1.807, 2.05) is 0 Å². The summed E-state index contributed by atoms with van der Waals surface area (Å²) in [4.78, 5) is 15.5. The zero-order chi connectivity index (χ0) is 17.4. The Balaban J connectivity index is 2.03. The molecule has 0 amide bonds. The van der Waals surface area contributed by atoms with Gasteiger partial charge in [-0.25, -0.2) is 4.79 Å². The number of ether oxygens (including phenoxy) is 1. The van der Waals surface area contributed by atoms with Gasteiger partial charge in [0.15, 0.2) is 14.5 Å². The van der Waals surface area contributed by atoms with E-state index in [2.05, 4.69) is 38.8 Å². The van der Waals surface area contributed by atoms with Crippen LogP contribution in [0.1, 0.15) is 33.4 Å². The molecule has 0 saturated carbocycles. The first-order valence-electron chi connectivity index (χ1n) is 7.83. The first kappa shape index (κ1) is 18.1. The number of rotatable bonds is 4. The smallest absolute Gasteiger partial charge is 0.351 e. The lowest BCUT2D eigenvalue weighted by molar-refractivity contribution is -0.0514. The van der Waals surface area contributed by atoms with Gasteiger partial charge in [0.1, 0.15) is 11.9 Å². The van der Waals surface area contributed by atoms with Crippen molar-refractivity contribution in [3.05, 3.63) is 22.7 Å². The van der Waals surface area contributed by atoms with Crippen molar-refractivity contribution in [2.45, 2.75) is 63.8 Å². The molecule has 1 aromatic heterocycles. The van der Waals surface area contributed by atoms with Gasteiger partial charge < -0.3 is 20.0 Å². The third-order valence-corrected chi connectivity index (χ3v) is 9.23. The lowest BCUT2D eigenvalue weighted by atomic mass is 10.2. The van der Waals surface area contributed by atoms with E-state index in [0.717, 1.165) is 0 Å². The molecule has 2 rings (SSSR count). The Morgan fingerprint density at radius 3 is 2.74 bits per heavy atom. The third kappa shape index (κ3) is 4.00. The molecule has 0 aliphatic carbocycles. The normalized spacial score (nSPS) is 25.7. The number of anilines is 1. The van der Waals surface area contributed by atoms with Crippen LogP contribution in [-0.2, 0) is 9.16 Å². The molecule has 1 aliphatic rings. The van der Waals surface area contributed by atoms with E-state index in [4.69, 9.17) is 14.9 Å². The van der Waals surface area contributed by atoms with Crippen LogP contribution in [0.25, 0.3) is 0 Å². The number of nitrogen functional groups attached to an aromatic ring is 1. The van der Waals surface area contributed by atoms with Gasteiger partial charge in [-0.1, -0.05) is 20.8 Å². The summed E-state index contributed by atoms with van der Waals surface area (Å²) in [5.74, 6) is 0.150. The molecule has 0 unspecified atom stereocenters. The van der Waals surface area contributed by atoms with Gasteiger partial charge in [-0.05, 0) is 24.2 Å². The lowest BCUT2D eigenvalue weighted by Gasteiger charge is -2.36. The van der Waals surface area contributed by atoms with Gasteiger partial charge in [-0.15, -0.1) is 0 Å². The summed E-state index contributed by atoms with van der Waals surface area (Å²) in [5, 5.41) is 10.3. The van der Waals surface area contributed by atoms with Crippen LogP contribution in [0.3, 0.4) is 0 Å². The first-order chi connectivity index (χ1) is 10.5. The Kier molecular flexibility index (Phi) is 5.00. The Hall–Kier alpha value is -1.22. The number of hydrogen-bond donors (Lipinski definition) is 2. The van der Waals surface area contributed by atoms with Crippen LogP contribution in [-0.4, -0.2) is 41.8 Å². The molecule has 3 atom stereocenters. The molecule has 7 nitrogen and oxygen atoms in total. The molecular formula is C15H27N3O4Si. The highest BCUT2D eigenvalue weighted by Gasteiger charge is 2.40. The predicted molar refractivity (Wildman–Crippen MR) is 90.6 cm³/mol. The molecule has 8 heteroatoms.